The first kappa shape index (κ1) is 14.3. The molecule has 1 aliphatic heterocycles. The molecule has 18 heavy (non-hydrogen) atoms. The predicted molar refractivity (Wildman–Crippen MR) is 76.9 cm³/mol. The molecule has 0 aromatic rings. The molecule has 0 spiro atoms. The van der Waals surface area contributed by atoms with Crippen LogP contribution in [0, 0.1) is 5.41 Å². The van der Waals surface area contributed by atoms with Gasteiger partial charge in [-0.2, -0.15) is 0 Å². The number of nitrogens with one attached hydrogen (secondary N) is 1. The van der Waals surface area contributed by atoms with Crippen molar-refractivity contribution in [1.29, 1.82) is 0 Å². The van der Waals surface area contributed by atoms with E-state index in [1.54, 1.807) is 0 Å². The standard InChI is InChI=1S/C16H31NO/c1-15(2,3)17-13-16(9-4-5-10-16)11-8-14-7-6-12-18-14/h14,17H,4-13H2,1-3H3. The monoisotopic (exact) mass is 253 g/mol. The second kappa shape index (κ2) is 5.92. The second-order valence-electron chi connectivity index (χ2n) is 7.48. The van der Waals surface area contributed by atoms with E-state index in [1.807, 2.05) is 0 Å². The molecule has 1 unspecified atom stereocenters. The molecular weight excluding hydrogens is 222 g/mol. The number of ether oxygens (including phenoxy) is 1. The SMILES string of the molecule is CC(C)(C)NCC1(CCC2CCCO2)CCCC1. The van der Waals surface area contributed by atoms with Crippen LogP contribution < -0.4 is 5.32 Å². The van der Waals surface area contributed by atoms with Crippen LogP contribution in [0.25, 0.3) is 0 Å². The first-order valence-electron chi connectivity index (χ1n) is 7.86. The Labute approximate surface area is 113 Å². The highest BCUT2D eigenvalue weighted by Crippen LogP contribution is 2.42. The maximum Gasteiger partial charge on any atom is 0.0576 e. The zero-order valence-corrected chi connectivity index (χ0v) is 12.6. The average Bonchev–Trinajstić information content (AvgIpc) is 2.96. The Morgan fingerprint density at radius 3 is 2.44 bits per heavy atom. The van der Waals surface area contributed by atoms with Crippen LogP contribution in [0.2, 0.25) is 0 Å². The van der Waals surface area contributed by atoms with Gasteiger partial charge in [0.05, 0.1) is 6.10 Å². The summed E-state index contributed by atoms with van der Waals surface area (Å²) in [5.74, 6) is 0. The number of hydrogen-bond acceptors (Lipinski definition) is 2. The molecule has 1 saturated heterocycles. The minimum atomic E-state index is 0.249. The molecule has 1 atom stereocenters. The molecule has 1 saturated carbocycles. The van der Waals surface area contributed by atoms with Gasteiger partial charge in [0.25, 0.3) is 0 Å². The Morgan fingerprint density at radius 1 is 1.17 bits per heavy atom. The summed E-state index contributed by atoms with van der Waals surface area (Å²) in [5, 5.41) is 3.74. The summed E-state index contributed by atoms with van der Waals surface area (Å²) in [6.45, 7) is 9.02. The van der Waals surface area contributed by atoms with Crippen molar-refractivity contribution < 1.29 is 4.74 Å². The molecule has 2 aliphatic rings. The topological polar surface area (TPSA) is 21.3 Å². The molecule has 106 valence electrons. The Kier molecular flexibility index (Phi) is 4.71. The van der Waals surface area contributed by atoms with Gasteiger partial charge in [-0.1, -0.05) is 12.8 Å². The molecule has 2 fully saturated rings. The van der Waals surface area contributed by atoms with Crippen LogP contribution >= 0.6 is 0 Å². The molecular formula is C16H31NO. The van der Waals surface area contributed by atoms with Crippen molar-refractivity contribution in [1.82, 2.24) is 5.32 Å². The minimum absolute atomic E-state index is 0.249. The van der Waals surface area contributed by atoms with E-state index in [2.05, 4.69) is 26.1 Å². The van der Waals surface area contributed by atoms with Gasteiger partial charge in [0.2, 0.25) is 0 Å². The van der Waals surface area contributed by atoms with Gasteiger partial charge >= 0.3 is 0 Å². The molecule has 0 aromatic heterocycles. The number of hydrogen-bond donors (Lipinski definition) is 1. The van der Waals surface area contributed by atoms with E-state index in [9.17, 15) is 0 Å². The lowest BCUT2D eigenvalue weighted by molar-refractivity contribution is 0.0861. The summed E-state index contributed by atoms with van der Waals surface area (Å²) in [6.07, 6.45) is 11.5. The van der Waals surface area contributed by atoms with Gasteiger partial charge in [-0.15, -0.1) is 0 Å². The van der Waals surface area contributed by atoms with Crippen molar-refractivity contribution in [3.8, 4) is 0 Å². The zero-order valence-electron chi connectivity index (χ0n) is 12.6. The molecule has 1 N–H and O–H groups in total. The number of rotatable bonds is 5. The van der Waals surface area contributed by atoms with E-state index in [1.165, 1.54) is 57.9 Å². The van der Waals surface area contributed by atoms with Crippen molar-refractivity contribution in [2.75, 3.05) is 13.2 Å². The third-order valence-electron chi connectivity index (χ3n) is 4.68. The third-order valence-corrected chi connectivity index (χ3v) is 4.68. The normalized spacial score (nSPS) is 27.8. The Morgan fingerprint density at radius 2 is 1.89 bits per heavy atom. The van der Waals surface area contributed by atoms with Crippen LogP contribution in [-0.2, 0) is 4.74 Å². The molecule has 2 heteroatoms. The fourth-order valence-corrected chi connectivity index (χ4v) is 3.43. The molecule has 0 radical (unpaired) electrons. The molecule has 2 rings (SSSR count). The highest BCUT2D eigenvalue weighted by atomic mass is 16.5. The van der Waals surface area contributed by atoms with Crippen LogP contribution in [0.3, 0.4) is 0 Å². The lowest BCUT2D eigenvalue weighted by Gasteiger charge is -2.34. The van der Waals surface area contributed by atoms with E-state index in [-0.39, 0.29) is 5.54 Å². The van der Waals surface area contributed by atoms with Gasteiger partial charge in [0.1, 0.15) is 0 Å². The van der Waals surface area contributed by atoms with Crippen LogP contribution in [0.15, 0.2) is 0 Å². The van der Waals surface area contributed by atoms with Gasteiger partial charge in [-0.3, -0.25) is 0 Å². The first-order chi connectivity index (χ1) is 8.49. The Hall–Kier alpha value is -0.0800. The summed E-state index contributed by atoms with van der Waals surface area (Å²) >= 11 is 0. The zero-order chi connectivity index (χ0) is 13.1. The minimum Gasteiger partial charge on any atom is -0.378 e. The Bertz CT molecular complexity index is 244. The van der Waals surface area contributed by atoms with E-state index >= 15 is 0 Å². The van der Waals surface area contributed by atoms with Crippen molar-refractivity contribution in [2.45, 2.75) is 83.8 Å². The summed E-state index contributed by atoms with van der Waals surface area (Å²) in [4.78, 5) is 0. The molecule has 2 nitrogen and oxygen atoms in total. The smallest absolute Gasteiger partial charge is 0.0576 e. The van der Waals surface area contributed by atoms with Crippen molar-refractivity contribution in [2.24, 2.45) is 5.41 Å². The van der Waals surface area contributed by atoms with Crippen LogP contribution in [0.5, 0.6) is 0 Å². The lowest BCUT2D eigenvalue weighted by Crippen LogP contribution is -2.43. The quantitative estimate of drug-likeness (QED) is 0.802. The van der Waals surface area contributed by atoms with Crippen LogP contribution in [0.1, 0.15) is 72.1 Å². The summed E-state index contributed by atoms with van der Waals surface area (Å²) in [5.41, 5.74) is 0.818. The molecule has 0 amide bonds. The fourth-order valence-electron chi connectivity index (χ4n) is 3.43. The van der Waals surface area contributed by atoms with Gasteiger partial charge in [0.15, 0.2) is 0 Å². The van der Waals surface area contributed by atoms with E-state index in [0.29, 0.717) is 11.5 Å². The van der Waals surface area contributed by atoms with Crippen LogP contribution in [-0.4, -0.2) is 24.8 Å². The summed E-state index contributed by atoms with van der Waals surface area (Å²) < 4.78 is 5.78. The van der Waals surface area contributed by atoms with Gasteiger partial charge in [-0.25, -0.2) is 0 Å². The van der Waals surface area contributed by atoms with E-state index in [0.717, 1.165) is 6.61 Å². The van der Waals surface area contributed by atoms with Crippen molar-refractivity contribution in [3.63, 3.8) is 0 Å². The average molecular weight is 253 g/mol. The Balaban J connectivity index is 1.81. The van der Waals surface area contributed by atoms with Gasteiger partial charge in [0, 0.05) is 18.7 Å². The fraction of sp³-hybridized carbons (Fsp3) is 1.00. The summed E-state index contributed by atoms with van der Waals surface area (Å²) in [6, 6.07) is 0. The lowest BCUT2D eigenvalue weighted by atomic mass is 9.80. The molecule has 0 bridgehead atoms. The summed E-state index contributed by atoms with van der Waals surface area (Å²) in [7, 11) is 0. The highest BCUT2D eigenvalue weighted by molar-refractivity contribution is 4.89. The molecule has 1 heterocycles. The van der Waals surface area contributed by atoms with Gasteiger partial charge < -0.3 is 10.1 Å². The third kappa shape index (κ3) is 4.24. The largest absolute Gasteiger partial charge is 0.378 e. The molecule has 1 aliphatic carbocycles. The van der Waals surface area contributed by atoms with E-state index < -0.39 is 0 Å². The highest BCUT2D eigenvalue weighted by Gasteiger charge is 2.35. The van der Waals surface area contributed by atoms with Crippen molar-refractivity contribution in [3.05, 3.63) is 0 Å². The predicted octanol–water partition coefficient (Wildman–Crippen LogP) is 3.89. The van der Waals surface area contributed by atoms with E-state index in [4.69, 9.17) is 4.74 Å². The van der Waals surface area contributed by atoms with Gasteiger partial charge in [-0.05, 0) is 64.7 Å². The molecule has 0 aromatic carbocycles. The maximum atomic E-state index is 5.78. The van der Waals surface area contributed by atoms with Crippen LogP contribution in [0.4, 0.5) is 0 Å². The van der Waals surface area contributed by atoms with Crippen molar-refractivity contribution >= 4 is 0 Å². The maximum absolute atomic E-state index is 5.78. The second-order valence-corrected chi connectivity index (χ2v) is 7.48. The first-order valence-corrected chi connectivity index (χ1v) is 7.86.